The average Bonchev–Trinajstić information content (AvgIpc) is 2.69. The lowest BCUT2D eigenvalue weighted by atomic mass is 10.2. The van der Waals surface area contributed by atoms with Gasteiger partial charge in [-0.25, -0.2) is 0 Å². The number of benzene rings is 1. The Morgan fingerprint density at radius 3 is 2.62 bits per heavy atom. The Bertz CT molecular complexity index is 376. The lowest BCUT2D eigenvalue weighted by Gasteiger charge is -1.89. The van der Waals surface area contributed by atoms with Crippen molar-refractivity contribution in [3.8, 4) is 0 Å². The van der Waals surface area contributed by atoms with E-state index in [1.54, 1.807) is 11.3 Å². The third-order valence-electron chi connectivity index (χ3n) is 1.69. The van der Waals surface area contributed by atoms with Gasteiger partial charge in [0.25, 0.3) is 0 Å². The molecule has 2 rings (SSSR count). The molecule has 0 bridgehead atoms. The topological polar surface area (TPSA) is 12.9 Å². The Labute approximate surface area is 81.4 Å². The highest BCUT2D eigenvalue weighted by molar-refractivity contribution is 7.10. The molecule has 0 unspecified atom stereocenters. The van der Waals surface area contributed by atoms with Crippen molar-refractivity contribution in [2.24, 2.45) is 0 Å². The van der Waals surface area contributed by atoms with Crippen molar-refractivity contribution < 1.29 is 0 Å². The third kappa shape index (κ3) is 2.26. The highest BCUT2D eigenvalue weighted by Gasteiger charge is 1.86. The summed E-state index contributed by atoms with van der Waals surface area (Å²) in [5.74, 6) is 0. The first-order valence-corrected chi connectivity index (χ1v) is 4.95. The van der Waals surface area contributed by atoms with Crippen LogP contribution >= 0.6 is 11.3 Å². The number of aromatic nitrogens is 1. The molecule has 0 atom stereocenters. The van der Waals surface area contributed by atoms with Crippen molar-refractivity contribution in [1.29, 1.82) is 0 Å². The van der Waals surface area contributed by atoms with Crippen molar-refractivity contribution >= 4 is 23.5 Å². The Hall–Kier alpha value is -1.41. The van der Waals surface area contributed by atoms with Crippen LogP contribution in [0, 0.1) is 0 Å². The van der Waals surface area contributed by atoms with Crippen LogP contribution in [0.5, 0.6) is 0 Å². The maximum Gasteiger partial charge on any atom is 0.0797 e. The minimum absolute atomic E-state index is 1.18. The second kappa shape index (κ2) is 4.01. The van der Waals surface area contributed by atoms with Crippen molar-refractivity contribution in [3.63, 3.8) is 0 Å². The quantitative estimate of drug-likeness (QED) is 0.702. The summed E-state index contributed by atoms with van der Waals surface area (Å²) in [7, 11) is 0. The highest BCUT2D eigenvalue weighted by atomic mass is 32.1. The van der Waals surface area contributed by atoms with E-state index in [0.717, 1.165) is 0 Å². The fourth-order valence-electron chi connectivity index (χ4n) is 1.05. The Morgan fingerprint density at radius 1 is 1.08 bits per heavy atom. The van der Waals surface area contributed by atoms with Gasteiger partial charge in [-0.2, -0.15) is 0 Å². The van der Waals surface area contributed by atoms with Crippen LogP contribution < -0.4 is 0 Å². The zero-order valence-electron chi connectivity index (χ0n) is 7.05. The number of rotatable bonds is 2. The molecule has 1 nitrogen and oxygen atoms in total. The summed E-state index contributed by atoms with van der Waals surface area (Å²) in [6.45, 7) is 0. The molecule has 1 heterocycles. The molecule has 0 fully saturated rings. The minimum atomic E-state index is 1.18. The smallest absolute Gasteiger partial charge is 0.0797 e. The molecule has 0 aliphatic rings. The van der Waals surface area contributed by atoms with Crippen LogP contribution in [0.15, 0.2) is 42.0 Å². The van der Waals surface area contributed by atoms with E-state index in [9.17, 15) is 0 Å². The maximum absolute atomic E-state index is 4.00. The fourth-order valence-corrected chi connectivity index (χ4v) is 1.56. The van der Waals surface area contributed by atoms with E-state index < -0.39 is 0 Å². The summed E-state index contributed by atoms with van der Waals surface area (Å²) in [6, 6.07) is 10.2. The zero-order chi connectivity index (χ0) is 8.93. The van der Waals surface area contributed by atoms with Gasteiger partial charge in [-0.1, -0.05) is 36.4 Å². The lowest BCUT2D eigenvalue weighted by molar-refractivity contribution is 1.42. The minimum Gasteiger partial charge on any atom is -0.253 e. The van der Waals surface area contributed by atoms with Gasteiger partial charge in [-0.3, -0.25) is 4.98 Å². The van der Waals surface area contributed by atoms with Gasteiger partial charge in [-0.15, -0.1) is 11.3 Å². The maximum atomic E-state index is 4.00. The predicted molar refractivity (Wildman–Crippen MR) is 57.5 cm³/mol. The number of thiazole rings is 1. The molecule has 1 aromatic heterocycles. The second-order valence-electron chi connectivity index (χ2n) is 2.65. The van der Waals surface area contributed by atoms with E-state index in [-0.39, 0.29) is 0 Å². The standard InChI is InChI=1S/C11H9NS/c1-2-4-10(5-3-1)6-7-11-8-12-9-13-11/h1-9H/b7-6-. The first-order chi connectivity index (χ1) is 6.45. The lowest BCUT2D eigenvalue weighted by Crippen LogP contribution is -1.67. The molecule has 0 aliphatic carbocycles. The molecule has 1 aromatic carbocycles. The van der Waals surface area contributed by atoms with E-state index in [1.165, 1.54) is 10.4 Å². The van der Waals surface area contributed by atoms with Crippen molar-refractivity contribution in [2.45, 2.75) is 0 Å². The monoisotopic (exact) mass is 187 g/mol. The molecule has 0 radical (unpaired) electrons. The van der Waals surface area contributed by atoms with Gasteiger partial charge >= 0.3 is 0 Å². The Morgan fingerprint density at radius 2 is 1.92 bits per heavy atom. The van der Waals surface area contributed by atoms with E-state index in [1.807, 2.05) is 29.9 Å². The molecule has 2 heteroatoms. The summed E-state index contributed by atoms with van der Waals surface area (Å²) >= 11 is 1.64. The van der Waals surface area contributed by atoms with Crippen LogP contribution in [0.2, 0.25) is 0 Å². The van der Waals surface area contributed by atoms with Crippen molar-refractivity contribution in [1.82, 2.24) is 4.98 Å². The molecule has 13 heavy (non-hydrogen) atoms. The summed E-state index contributed by atoms with van der Waals surface area (Å²) in [5.41, 5.74) is 3.06. The molecule has 0 amide bonds. The Balaban J connectivity index is 2.15. The SMILES string of the molecule is C(=C/c1cncs1)/c1ccccc1. The average molecular weight is 187 g/mol. The van der Waals surface area contributed by atoms with Crippen LogP contribution in [0.4, 0.5) is 0 Å². The summed E-state index contributed by atoms with van der Waals surface area (Å²) in [4.78, 5) is 5.19. The van der Waals surface area contributed by atoms with Gasteiger partial charge < -0.3 is 0 Å². The fraction of sp³-hybridized carbons (Fsp3) is 0. The van der Waals surface area contributed by atoms with E-state index in [4.69, 9.17) is 0 Å². The predicted octanol–water partition coefficient (Wildman–Crippen LogP) is 3.31. The van der Waals surface area contributed by atoms with E-state index >= 15 is 0 Å². The van der Waals surface area contributed by atoms with Gasteiger partial charge in [0.05, 0.1) is 5.51 Å². The van der Waals surface area contributed by atoms with Gasteiger partial charge in [0.1, 0.15) is 0 Å². The molecule has 0 N–H and O–H groups in total. The van der Waals surface area contributed by atoms with Crippen LogP contribution in [0.1, 0.15) is 10.4 Å². The van der Waals surface area contributed by atoms with Crippen molar-refractivity contribution in [2.75, 3.05) is 0 Å². The van der Waals surface area contributed by atoms with Gasteiger partial charge in [0.2, 0.25) is 0 Å². The summed E-state index contributed by atoms with van der Waals surface area (Å²) in [5, 5.41) is 0. The van der Waals surface area contributed by atoms with E-state index in [0.29, 0.717) is 0 Å². The molecular weight excluding hydrogens is 178 g/mol. The molecule has 64 valence electrons. The van der Waals surface area contributed by atoms with Gasteiger partial charge in [0.15, 0.2) is 0 Å². The van der Waals surface area contributed by atoms with Crippen LogP contribution in [0.25, 0.3) is 12.2 Å². The first kappa shape index (κ1) is 8.20. The Kier molecular flexibility index (Phi) is 2.53. The van der Waals surface area contributed by atoms with Crippen LogP contribution in [-0.4, -0.2) is 4.98 Å². The van der Waals surface area contributed by atoms with Gasteiger partial charge in [0, 0.05) is 11.1 Å². The highest BCUT2D eigenvalue weighted by Crippen LogP contribution is 2.10. The normalized spacial score (nSPS) is 10.8. The van der Waals surface area contributed by atoms with E-state index in [2.05, 4.69) is 29.3 Å². The number of hydrogen-bond acceptors (Lipinski definition) is 2. The molecular formula is C11H9NS. The molecule has 0 aliphatic heterocycles. The molecule has 0 saturated heterocycles. The zero-order valence-corrected chi connectivity index (χ0v) is 7.87. The largest absolute Gasteiger partial charge is 0.253 e. The van der Waals surface area contributed by atoms with Crippen LogP contribution in [0.3, 0.4) is 0 Å². The first-order valence-electron chi connectivity index (χ1n) is 4.07. The summed E-state index contributed by atoms with van der Waals surface area (Å²) in [6.07, 6.45) is 6.03. The third-order valence-corrected chi connectivity index (χ3v) is 2.43. The molecule has 2 aromatic rings. The van der Waals surface area contributed by atoms with Crippen molar-refractivity contribution in [3.05, 3.63) is 52.5 Å². The summed E-state index contributed by atoms with van der Waals surface area (Å²) < 4.78 is 0. The van der Waals surface area contributed by atoms with Crippen LogP contribution in [-0.2, 0) is 0 Å². The molecule has 0 saturated carbocycles. The second-order valence-corrected chi connectivity index (χ2v) is 3.57. The van der Waals surface area contributed by atoms with Gasteiger partial charge in [-0.05, 0) is 11.6 Å². The number of hydrogen-bond donors (Lipinski definition) is 0. The molecule has 0 spiro atoms. The number of nitrogens with zero attached hydrogens (tertiary/aromatic N) is 1.